The number of rotatable bonds is 10. The van der Waals surface area contributed by atoms with Gasteiger partial charge in [-0.25, -0.2) is 14.0 Å². The van der Waals surface area contributed by atoms with Crippen LogP contribution in [-0.2, 0) is 35.1 Å². The number of nitrogens with zero attached hydrogens (tertiary/aromatic N) is 1. The largest absolute Gasteiger partial charge is 0.460 e. The van der Waals surface area contributed by atoms with Crippen molar-refractivity contribution in [2.45, 2.75) is 84.8 Å². The summed E-state index contributed by atoms with van der Waals surface area (Å²) < 4.78 is 30.9. The molecule has 1 saturated heterocycles. The number of carbonyl (C=O) groups is 5. The van der Waals surface area contributed by atoms with Gasteiger partial charge < -0.3 is 30.2 Å². The number of amides is 4. The Kier molecular flexibility index (Phi) is 11.1. The Bertz CT molecular complexity index is 1390. The smallest absolute Gasteiger partial charge is 0.414 e. The summed E-state index contributed by atoms with van der Waals surface area (Å²) in [5.41, 5.74) is 0.292. The number of ether oxygens (including phenoxy) is 3. The third kappa shape index (κ3) is 11.1. The molecule has 12 nitrogen and oxygen atoms in total. The third-order valence-electron chi connectivity index (χ3n) is 6.25. The first-order valence-corrected chi connectivity index (χ1v) is 14.5. The average molecular weight is 629 g/mol. The number of hydrogen-bond donors (Lipinski definition) is 3. The van der Waals surface area contributed by atoms with E-state index in [1.807, 2.05) is 0 Å². The van der Waals surface area contributed by atoms with Crippen LogP contribution >= 0.6 is 0 Å². The first-order valence-electron chi connectivity index (χ1n) is 14.5. The molecule has 1 aliphatic heterocycles. The molecule has 0 unspecified atom stereocenters. The first-order chi connectivity index (χ1) is 20.9. The molecule has 0 radical (unpaired) electrons. The molecule has 2 atom stereocenters. The Morgan fingerprint density at radius 2 is 1.62 bits per heavy atom. The summed E-state index contributed by atoms with van der Waals surface area (Å²) in [6, 6.07) is 9.95. The molecule has 0 aliphatic carbocycles. The number of anilines is 1. The van der Waals surface area contributed by atoms with Gasteiger partial charge >= 0.3 is 18.2 Å². The third-order valence-corrected chi connectivity index (χ3v) is 6.25. The molecule has 2 aromatic rings. The molecule has 45 heavy (non-hydrogen) atoms. The van der Waals surface area contributed by atoms with E-state index >= 15 is 4.39 Å². The number of halogens is 1. The molecular weight excluding hydrogens is 587 g/mol. The molecule has 0 spiro atoms. The molecule has 2 aromatic carbocycles. The van der Waals surface area contributed by atoms with Crippen LogP contribution in [0.4, 0.5) is 19.7 Å². The fourth-order valence-electron chi connectivity index (χ4n) is 4.33. The maximum Gasteiger partial charge on any atom is 0.414 e. The number of benzene rings is 2. The summed E-state index contributed by atoms with van der Waals surface area (Å²) in [7, 11) is 0. The number of esters is 1. The SMILES string of the molecule is CC(=O)NC[C@H]1CN(c2ccc(-c3ccc(CNC(=O)[C@H](CC(=O)OC(C)(C)C)NC(=O)OC(C)(C)C)cc3)c(F)c2)C(=O)O1. The summed E-state index contributed by atoms with van der Waals surface area (Å²) >= 11 is 0. The van der Waals surface area contributed by atoms with Crippen molar-refractivity contribution >= 4 is 35.7 Å². The van der Waals surface area contributed by atoms with E-state index in [-0.39, 0.29) is 25.5 Å². The Morgan fingerprint density at radius 3 is 2.20 bits per heavy atom. The highest BCUT2D eigenvalue weighted by molar-refractivity contribution is 5.91. The van der Waals surface area contributed by atoms with Crippen molar-refractivity contribution in [3.63, 3.8) is 0 Å². The molecule has 4 amide bonds. The van der Waals surface area contributed by atoms with Gasteiger partial charge in [-0.05, 0) is 70.9 Å². The van der Waals surface area contributed by atoms with Gasteiger partial charge in [-0.3, -0.25) is 19.3 Å². The van der Waals surface area contributed by atoms with E-state index in [4.69, 9.17) is 14.2 Å². The summed E-state index contributed by atoms with van der Waals surface area (Å²) in [4.78, 5) is 62.5. The molecule has 1 aliphatic rings. The number of nitrogens with one attached hydrogen (secondary N) is 3. The van der Waals surface area contributed by atoms with Gasteiger partial charge in [-0.2, -0.15) is 0 Å². The maximum absolute atomic E-state index is 15.1. The van der Waals surface area contributed by atoms with Gasteiger partial charge in [0.1, 0.15) is 29.2 Å². The lowest BCUT2D eigenvalue weighted by molar-refractivity contribution is -0.156. The molecule has 0 saturated carbocycles. The number of cyclic esters (lactones) is 1. The van der Waals surface area contributed by atoms with Gasteiger partial charge in [-0.15, -0.1) is 0 Å². The molecule has 3 rings (SSSR count). The predicted octanol–water partition coefficient (Wildman–Crippen LogP) is 4.20. The van der Waals surface area contributed by atoms with E-state index in [1.165, 1.54) is 17.9 Å². The summed E-state index contributed by atoms with van der Waals surface area (Å²) in [6.07, 6.45) is -2.42. The minimum absolute atomic E-state index is 0.0675. The Balaban J connectivity index is 1.64. The second-order valence-corrected chi connectivity index (χ2v) is 12.6. The normalized spacial score (nSPS) is 15.5. The standard InChI is InChI=1S/C32H41FN4O8/c1-19(38)34-17-23-18-37(30(42)43-23)22-12-13-24(25(33)14-22)21-10-8-20(9-11-21)16-35-28(40)26(15-27(39)44-31(2,3)4)36-29(41)45-32(5,6)7/h8-14,23,26H,15-18H2,1-7H3,(H,34,38)(H,35,40)(H,36,41)/t23-,26-/m0/s1. The molecular formula is C32H41FN4O8. The van der Waals surface area contributed by atoms with Crippen LogP contribution in [0.1, 0.15) is 60.5 Å². The van der Waals surface area contributed by atoms with Crippen LogP contribution in [-0.4, -0.2) is 66.4 Å². The predicted molar refractivity (Wildman–Crippen MR) is 164 cm³/mol. The van der Waals surface area contributed by atoms with Crippen molar-refractivity contribution in [3.05, 3.63) is 53.8 Å². The van der Waals surface area contributed by atoms with Gasteiger partial charge in [-0.1, -0.05) is 24.3 Å². The van der Waals surface area contributed by atoms with Gasteiger partial charge in [0.05, 0.1) is 25.2 Å². The lowest BCUT2D eigenvalue weighted by Crippen LogP contribution is -2.49. The van der Waals surface area contributed by atoms with Crippen LogP contribution in [0.3, 0.4) is 0 Å². The molecule has 3 N–H and O–H groups in total. The van der Waals surface area contributed by atoms with Gasteiger partial charge in [0.15, 0.2) is 0 Å². The zero-order valence-electron chi connectivity index (χ0n) is 26.6. The van der Waals surface area contributed by atoms with Crippen molar-refractivity contribution < 1.29 is 42.6 Å². The molecule has 0 bridgehead atoms. The van der Waals surface area contributed by atoms with E-state index < -0.39 is 59.6 Å². The second kappa shape index (κ2) is 14.4. The van der Waals surface area contributed by atoms with Crippen molar-refractivity contribution in [3.8, 4) is 11.1 Å². The van der Waals surface area contributed by atoms with Crippen LogP contribution in [0.2, 0.25) is 0 Å². The second-order valence-electron chi connectivity index (χ2n) is 12.6. The van der Waals surface area contributed by atoms with Crippen molar-refractivity contribution in [2.24, 2.45) is 0 Å². The highest BCUT2D eigenvalue weighted by Crippen LogP contribution is 2.29. The fraction of sp³-hybridized carbons (Fsp3) is 0.469. The highest BCUT2D eigenvalue weighted by Gasteiger charge is 2.33. The van der Waals surface area contributed by atoms with E-state index in [2.05, 4.69) is 16.0 Å². The fourth-order valence-corrected chi connectivity index (χ4v) is 4.33. The van der Waals surface area contributed by atoms with Gasteiger partial charge in [0.2, 0.25) is 11.8 Å². The van der Waals surface area contributed by atoms with Crippen LogP contribution in [0.15, 0.2) is 42.5 Å². The van der Waals surface area contributed by atoms with Gasteiger partial charge in [0, 0.05) is 19.0 Å². The monoisotopic (exact) mass is 628 g/mol. The maximum atomic E-state index is 15.1. The molecule has 0 aromatic heterocycles. The lowest BCUT2D eigenvalue weighted by Gasteiger charge is -2.24. The average Bonchev–Trinajstić information content (AvgIpc) is 3.28. The van der Waals surface area contributed by atoms with Crippen LogP contribution in [0, 0.1) is 5.82 Å². The lowest BCUT2D eigenvalue weighted by atomic mass is 10.0. The van der Waals surface area contributed by atoms with E-state index in [1.54, 1.807) is 77.9 Å². The Hall–Kier alpha value is -4.68. The summed E-state index contributed by atoms with van der Waals surface area (Å²) in [5, 5.41) is 7.74. The van der Waals surface area contributed by atoms with Crippen LogP contribution in [0.25, 0.3) is 11.1 Å². The van der Waals surface area contributed by atoms with E-state index in [0.29, 0.717) is 22.4 Å². The van der Waals surface area contributed by atoms with Crippen molar-refractivity contribution in [1.29, 1.82) is 0 Å². The molecule has 1 heterocycles. The van der Waals surface area contributed by atoms with Crippen LogP contribution in [0.5, 0.6) is 0 Å². The van der Waals surface area contributed by atoms with E-state index in [0.717, 1.165) is 0 Å². The van der Waals surface area contributed by atoms with E-state index in [9.17, 15) is 24.0 Å². The minimum Gasteiger partial charge on any atom is -0.460 e. The van der Waals surface area contributed by atoms with Crippen molar-refractivity contribution in [1.82, 2.24) is 16.0 Å². The summed E-state index contributed by atoms with van der Waals surface area (Å²) in [6.45, 7) is 11.9. The quantitative estimate of drug-likeness (QED) is 0.262. The number of hydrogen-bond acceptors (Lipinski definition) is 8. The zero-order valence-corrected chi connectivity index (χ0v) is 26.6. The highest BCUT2D eigenvalue weighted by atomic mass is 19.1. The van der Waals surface area contributed by atoms with Crippen LogP contribution < -0.4 is 20.9 Å². The Morgan fingerprint density at radius 1 is 0.978 bits per heavy atom. The summed E-state index contributed by atoms with van der Waals surface area (Å²) in [5.74, 6) is -2.07. The zero-order chi connectivity index (χ0) is 33.5. The van der Waals surface area contributed by atoms with Crippen molar-refractivity contribution in [2.75, 3.05) is 18.0 Å². The molecule has 1 fully saturated rings. The first kappa shape index (κ1) is 34.8. The van der Waals surface area contributed by atoms with Gasteiger partial charge in [0.25, 0.3) is 0 Å². The number of carbonyl (C=O) groups excluding carboxylic acids is 5. The molecule has 244 valence electrons. The Labute approximate surface area is 262 Å². The topological polar surface area (TPSA) is 152 Å². The minimum atomic E-state index is -1.24. The number of alkyl carbamates (subject to hydrolysis) is 1. The molecule has 13 heteroatoms.